The molecule has 0 radical (unpaired) electrons. The van der Waals surface area contributed by atoms with Gasteiger partial charge in [-0.1, -0.05) is 50.2 Å². The summed E-state index contributed by atoms with van der Waals surface area (Å²) in [5.41, 5.74) is 0.308. The Balaban J connectivity index is 2.38. The van der Waals surface area contributed by atoms with Crippen LogP contribution in [-0.2, 0) is 9.53 Å². The van der Waals surface area contributed by atoms with Crippen LogP contribution in [0.2, 0.25) is 0 Å². The lowest BCUT2D eigenvalue weighted by molar-refractivity contribution is -0.113. The second-order valence-corrected chi connectivity index (χ2v) is 7.69. The van der Waals surface area contributed by atoms with Gasteiger partial charge in [-0.2, -0.15) is 0 Å². The molecule has 1 N–H and O–H groups in total. The van der Waals surface area contributed by atoms with E-state index in [1.807, 2.05) is 77.1 Å². The summed E-state index contributed by atoms with van der Waals surface area (Å²) in [5, 5.41) is 5.09. The third kappa shape index (κ3) is 5.05. The van der Waals surface area contributed by atoms with Gasteiger partial charge in [0.15, 0.2) is 0 Å². The van der Waals surface area contributed by atoms with Gasteiger partial charge < -0.3 is 14.8 Å². The maximum absolute atomic E-state index is 12.3. The fourth-order valence-electron chi connectivity index (χ4n) is 2.86. The maximum Gasteiger partial charge on any atom is 0.408 e. The number of carbonyl (C=O) groups excluding carboxylic acids is 2. The summed E-state index contributed by atoms with van der Waals surface area (Å²) in [5.74, 6) is -0.252. The summed E-state index contributed by atoms with van der Waals surface area (Å²) in [6.45, 7) is 9.40. The molecule has 0 saturated heterocycles. The summed E-state index contributed by atoms with van der Waals surface area (Å²) in [7, 11) is 0. The average Bonchev–Trinajstić information content (AvgIpc) is 2.52. The van der Waals surface area contributed by atoms with Crippen LogP contribution in [0.5, 0.6) is 0 Å². The van der Waals surface area contributed by atoms with Crippen molar-refractivity contribution in [3.63, 3.8) is 0 Å². The smallest absolute Gasteiger partial charge is 0.408 e. The van der Waals surface area contributed by atoms with E-state index in [0.717, 1.165) is 22.6 Å². The van der Waals surface area contributed by atoms with Gasteiger partial charge >= 0.3 is 6.09 Å². The largest absolute Gasteiger partial charge is 0.444 e. The minimum Gasteiger partial charge on any atom is -0.444 e. The van der Waals surface area contributed by atoms with Crippen molar-refractivity contribution in [1.82, 2.24) is 5.32 Å². The van der Waals surface area contributed by atoms with Gasteiger partial charge in [-0.15, -0.1) is 0 Å². The van der Waals surface area contributed by atoms with Crippen LogP contribution in [0.25, 0.3) is 10.8 Å². The Morgan fingerprint density at radius 2 is 1.72 bits per heavy atom. The molecule has 1 amide bonds. The topological polar surface area (TPSA) is 55.4 Å². The first-order chi connectivity index (χ1) is 11.7. The minimum absolute atomic E-state index is 0.0870. The van der Waals surface area contributed by atoms with Crippen LogP contribution in [0.1, 0.15) is 46.2 Å². The monoisotopic (exact) mass is 341 g/mol. The van der Waals surface area contributed by atoms with E-state index in [2.05, 4.69) is 5.32 Å². The molecule has 25 heavy (non-hydrogen) atoms. The number of carbonyl (C=O) groups is 2. The van der Waals surface area contributed by atoms with Crippen LogP contribution in [0.4, 0.5) is 4.79 Å². The number of nitrogens with one attached hydrogen (secondary N) is 1. The van der Waals surface area contributed by atoms with Crippen molar-refractivity contribution in [1.29, 1.82) is 0 Å². The van der Waals surface area contributed by atoms with E-state index in [1.165, 1.54) is 0 Å². The van der Waals surface area contributed by atoms with Crippen molar-refractivity contribution in [2.24, 2.45) is 11.8 Å². The van der Waals surface area contributed by atoms with Gasteiger partial charge in [0.25, 0.3) is 0 Å². The Labute approximate surface area is 149 Å². The molecule has 0 aromatic heterocycles. The molecule has 4 heteroatoms. The van der Waals surface area contributed by atoms with Crippen molar-refractivity contribution in [3.8, 4) is 0 Å². The van der Waals surface area contributed by atoms with Crippen molar-refractivity contribution >= 4 is 23.2 Å². The van der Waals surface area contributed by atoms with Crippen LogP contribution >= 0.6 is 0 Å². The Morgan fingerprint density at radius 3 is 2.28 bits per heavy atom. The lowest BCUT2D eigenvalue weighted by Gasteiger charge is -2.29. The van der Waals surface area contributed by atoms with Gasteiger partial charge in [0, 0.05) is 5.92 Å². The lowest BCUT2D eigenvalue weighted by atomic mass is 9.85. The van der Waals surface area contributed by atoms with Crippen LogP contribution < -0.4 is 5.32 Å². The minimum atomic E-state index is -0.591. The fourth-order valence-corrected chi connectivity index (χ4v) is 2.86. The van der Waals surface area contributed by atoms with Crippen molar-refractivity contribution in [2.45, 2.75) is 46.3 Å². The van der Waals surface area contributed by atoms with Gasteiger partial charge in [0.2, 0.25) is 0 Å². The predicted octanol–water partition coefficient (Wildman–Crippen LogP) is 4.88. The maximum atomic E-state index is 12.3. The Bertz CT molecular complexity index is 746. The molecule has 2 rings (SSSR count). The average molecular weight is 341 g/mol. The summed E-state index contributed by atoms with van der Waals surface area (Å²) in [6, 6.07) is 13.6. The van der Waals surface area contributed by atoms with Gasteiger partial charge in [0.1, 0.15) is 11.9 Å². The molecule has 0 aliphatic carbocycles. The zero-order chi connectivity index (χ0) is 18.6. The molecule has 0 fully saturated rings. The molecule has 134 valence electrons. The highest BCUT2D eigenvalue weighted by atomic mass is 16.6. The third-order valence-corrected chi connectivity index (χ3v) is 4.12. The number of ether oxygens (including phenoxy) is 1. The molecular weight excluding hydrogens is 314 g/mol. The highest BCUT2D eigenvalue weighted by Crippen LogP contribution is 2.29. The molecular formula is C21H27NO3. The highest BCUT2D eigenvalue weighted by molar-refractivity contribution is 5.83. The number of aldehydes is 1. The molecule has 0 bridgehead atoms. The molecule has 0 unspecified atom stereocenters. The second kappa shape index (κ2) is 7.68. The number of rotatable bonds is 5. The molecule has 0 saturated carbocycles. The molecule has 2 aromatic rings. The fraction of sp³-hybridized carbons (Fsp3) is 0.429. The molecule has 0 heterocycles. The second-order valence-electron chi connectivity index (χ2n) is 7.69. The highest BCUT2D eigenvalue weighted by Gasteiger charge is 2.29. The van der Waals surface area contributed by atoms with Gasteiger partial charge in [0.05, 0.1) is 6.04 Å². The summed E-state index contributed by atoms with van der Waals surface area (Å²) >= 11 is 0. The van der Waals surface area contributed by atoms with E-state index in [0.29, 0.717) is 0 Å². The zero-order valence-corrected chi connectivity index (χ0v) is 15.6. The van der Waals surface area contributed by atoms with Crippen LogP contribution in [0.15, 0.2) is 42.5 Å². The van der Waals surface area contributed by atoms with Crippen LogP contribution in [0, 0.1) is 11.8 Å². The number of fused-ring (bicyclic) bond motifs is 1. The van der Waals surface area contributed by atoms with Crippen molar-refractivity contribution in [3.05, 3.63) is 48.0 Å². The Hall–Kier alpha value is -2.36. The van der Waals surface area contributed by atoms with Crippen LogP contribution in [0.3, 0.4) is 0 Å². The first-order valence-electron chi connectivity index (χ1n) is 8.65. The number of hydrogen-bond donors (Lipinski definition) is 1. The van der Waals surface area contributed by atoms with E-state index in [4.69, 9.17) is 4.74 Å². The predicted molar refractivity (Wildman–Crippen MR) is 100 cm³/mol. The Kier molecular flexibility index (Phi) is 5.83. The van der Waals surface area contributed by atoms with Crippen molar-refractivity contribution in [2.75, 3.05) is 0 Å². The number of alkyl carbamates (subject to hydrolysis) is 1. The van der Waals surface area contributed by atoms with E-state index in [1.54, 1.807) is 0 Å². The van der Waals surface area contributed by atoms with E-state index in [9.17, 15) is 9.59 Å². The molecule has 0 spiro atoms. The normalized spacial score (nSPS) is 14.2. The van der Waals surface area contributed by atoms with Gasteiger partial charge in [-0.25, -0.2) is 4.79 Å². The lowest BCUT2D eigenvalue weighted by Crippen LogP contribution is -2.39. The first-order valence-corrected chi connectivity index (χ1v) is 8.65. The quantitative estimate of drug-likeness (QED) is 0.789. The standard InChI is InChI=1S/C21H27NO3/c1-14(2)18(13-23)19(22-20(24)25-21(3,4)5)17-11-10-15-8-6-7-9-16(15)12-17/h6-14,18-19H,1-5H3,(H,22,24)/t18-,19+/m0/s1. The summed E-state index contributed by atoms with van der Waals surface area (Å²) in [4.78, 5) is 24.0. The molecule has 0 aliphatic rings. The van der Waals surface area contributed by atoms with Gasteiger partial charge in [-0.05, 0) is 49.1 Å². The van der Waals surface area contributed by atoms with Crippen molar-refractivity contribution < 1.29 is 14.3 Å². The van der Waals surface area contributed by atoms with Gasteiger partial charge in [-0.3, -0.25) is 0 Å². The van der Waals surface area contributed by atoms with Crippen LogP contribution in [-0.4, -0.2) is 18.0 Å². The first kappa shape index (κ1) is 19.0. The molecule has 0 aliphatic heterocycles. The van der Waals surface area contributed by atoms with E-state index < -0.39 is 17.7 Å². The number of hydrogen-bond acceptors (Lipinski definition) is 3. The Morgan fingerprint density at radius 1 is 1.08 bits per heavy atom. The molecule has 2 atom stereocenters. The summed E-state index contributed by atoms with van der Waals surface area (Å²) < 4.78 is 5.39. The molecule has 4 nitrogen and oxygen atoms in total. The summed E-state index contributed by atoms with van der Waals surface area (Å²) in [6.07, 6.45) is 0.403. The zero-order valence-electron chi connectivity index (χ0n) is 15.6. The third-order valence-electron chi connectivity index (χ3n) is 4.12. The SMILES string of the molecule is CC(C)[C@H](C=O)[C@H](NC(=O)OC(C)(C)C)c1ccc2ccccc2c1. The number of amides is 1. The van der Waals surface area contributed by atoms with E-state index in [-0.39, 0.29) is 11.8 Å². The molecule has 2 aromatic carbocycles. The number of benzene rings is 2. The van der Waals surface area contributed by atoms with E-state index >= 15 is 0 Å².